The number of carbonyl (C=O) groups excluding carboxylic acids is 3. The number of carbonyl (C=O) groups is 3. The Bertz CT molecular complexity index is 3850. The van der Waals surface area contributed by atoms with Crippen LogP contribution in [0.3, 0.4) is 0 Å². The summed E-state index contributed by atoms with van der Waals surface area (Å²) in [5.41, 5.74) is 19.4. The van der Waals surface area contributed by atoms with Crippen molar-refractivity contribution in [3.8, 4) is 51.2 Å². The number of alkyl halides is 3. The van der Waals surface area contributed by atoms with Gasteiger partial charge in [0.05, 0.1) is 22.8 Å². The molecule has 0 aliphatic heterocycles. The predicted molar refractivity (Wildman–Crippen MR) is 367 cm³/mol. The molecule has 2 N–H and O–H groups in total. The van der Waals surface area contributed by atoms with E-state index in [0.717, 1.165) is 39.7 Å². The number of allylic oxidation sites excluding steroid dienone is 1. The molecule has 0 atom stereocenters. The standard InChI is InChI=1S/C55H61F3N5.C18H11N3O6.CNS.Ru/c1-51(2,3)38-13-21-42(22-14-38)62(43-23-15-39(16-24-43)52(4,5)6)46-31-37(36-29-30-61-49(33-36)48(59)35-50(60)55(56,57)58)32-47(34-46)63(44-25-17-40(18-26-44)53(7,8)9)45-27-19-41(20-28-45)54(10,11)12;22-9-25-12-1-3-19-15(5-12)17-7-14(27-11-24)8-18(21-17)16-6-13(26-10-23)2-4-20-16;2-1-3;/h13-35,59-60H,1-12H3;1-11H;;/q-1;;-1;+2/b48-35-,60-50?;;;. The summed E-state index contributed by atoms with van der Waals surface area (Å²) < 4.78 is 54.8. The molecule has 5 aromatic carbocycles. The second-order valence-electron chi connectivity index (χ2n) is 25.6. The van der Waals surface area contributed by atoms with Crippen molar-refractivity contribution in [3.05, 3.63) is 228 Å². The first-order valence-corrected chi connectivity index (χ1v) is 29.8. The van der Waals surface area contributed by atoms with Gasteiger partial charge in [0.2, 0.25) is 0 Å². The van der Waals surface area contributed by atoms with E-state index < -0.39 is 17.6 Å². The second kappa shape index (κ2) is 31.2. The first-order chi connectivity index (χ1) is 43.8. The normalized spacial score (nSPS) is 11.6. The monoisotopic (exact) mass is 1370 g/mol. The van der Waals surface area contributed by atoms with Gasteiger partial charge in [0.1, 0.15) is 23.0 Å². The van der Waals surface area contributed by atoms with E-state index in [1.807, 2.05) is 0 Å². The molecule has 15 nitrogen and oxygen atoms in total. The Kier molecular flexibility index (Phi) is 24.3. The van der Waals surface area contributed by atoms with E-state index in [1.54, 1.807) is 12.1 Å². The largest absolute Gasteiger partial charge is 2.00 e. The quantitative estimate of drug-likeness (QED) is 0.0390. The zero-order valence-electron chi connectivity index (χ0n) is 54.1. The maximum absolute atomic E-state index is 13.4. The molecule has 9 aromatic rings. The summed E-state index contributed by atoms with van der Waals surface area (Å²) in [7, 11) is 0. The van der Waals surface area contributed by atoms with Crippen LogP contribution in [0.4, 0.5) is 47.3 Å². The fraction of sp³-hybridized carbons (Fsp3) is 0.230. The maximum Gasteiger partial charge on any atom is 2.00 e. The van der Waals surface area contributed by atoms with Gasteiger partial charge in [-0.05, 0) is 152 Å². The van der Waals surface area contributed by atoms with E-state index in [-0.39, 0.29) is 70.6 Å². The number of rotatable bonds is 17. The number of isothiocyanates is 1. The van der Waals surface area contributed by atoms with Gasteiger partial charge in [-0.2, -0.15) is 18.3 Å². The Balaban J connectivity index is 0.000000375. The minimum absolute atomic E-state index is 0. The molecule has 94 heavy (non-hydrogen) atoms. The van der Waals surface area contributed by atoms with Crippen LogP contribution in [0, 0.1) is 5.41 Å². The Labute approximate surface area is 565 Å². The SMILES string of the molecule is CC(C)(C)c1ccc(N(c2ccc(C(C)(C)C)cc2)c2cc(-c3ccnc(/C([NH-])=C/C(=N)C(F)(F)F)c3)cc(N(c3ccc(C(C)(C)C)cc3)c3ccc(C(C)(C)C)cc3)c2)cc1.O=COc1ccnc(-c2cc(OC=O)cc(-c3cc(OC=O)ccn3)n2)c1.[N-]=C=S.[Ru+2]. The van der Waals surface area contributed by atoms with Crippen molar-refractivity contribution in [3.63, 3.8) is 0 Å². The third kappa shape index (κ3) is 19.4. The van der Waals surface area contributed by atoms with Gasteiger partial charge in [-0.15, -0.1) is 5.70 Å². The molecule has 0 fully saturated rings. The molecule has 0 radical (unpaired) electrons. The molecule has 0 saturated carbocycles. The van der Waals surface area contributed by atoms with Crippen LogP contribution in [0.25, 0.3) is 50.7 Å². The third-order valence-electron chi connectivity index (χ3n) is 14.7. The number of nitrogens with zero attached hydrogens (tertiary/aromatic N) is 7. The molecule has 4 heterocycles. The molecule has 0 unspecified atom stereocenters. The molecule has 0 bridgehead atoms. The molecular formula is C74H72F3N9O6RuS. The number of hydrogen-bond acceptors (Lipinski definition) is 14. The Morgan fingerprint density at radius 3 is 1.11 bits per heavy atom. The van der Waals surface area contributed by atoms with E-state index in [1.165, 1.54) is 82.4 Å². The molecule has 20 heteroatoms. The first kappa shape index (κ1) is 73.2. The van der Waals surface area contributed by atoms with Gasteiger partial charge >= 0.3 is 25.7 Å². The summed E-state index contributed by atoms with van der Waals surface area (Å²) >= 11 is 3.70. The molecule has 0 saturated heterocycles. The molecule has 4 aromatic heterocycles. The average molecular weight is 1370 g/mol. The van der Waals surface area contributed by atoms with Gasteiger partial charge < -0.3 is 35.2 Å². The Hall–Kier alpha value is -9.87. The molecule has 9 rings (SSSR count). The molecule has 0 aliphatic carbocycles. The number of thiocarbonyl (C=S) groups is 1. The van der Waals surface area contributed by atoms with Crippen molar-refractivity contribution in [2.75, 3.05) is 9.80 Å². The van der Waals surface area contributed by atoms with E-state index in [4.69, 9.17) is 30.8 Å². The molecule has 0 aliphatic rings. The predicted octanol–water partition coefficient (Wildman–Crippen LogP) is 19.3. The van der Waals surface area contributed by atoms with Gasteiger partial charge in [-0.25, -0.2) is 4.98 Å². The summed E-state index contributed by atoms with van der Waals surface area (Å²) in [4.78, 5) is 53.4. The van der Waals surface area contributed by atoms with Crippen molar-refractivity contribution in [2.45, 2.75) is 111 Å². The zero-order chi connectivity index (χ0) is 68.1. The van der Waals surface area contributed by atoms with E-state index in [9.17, 15) is 27.6 Å². The zero-order valence-corrected chi connectivity index (χ0v) is 56.7. The summed E-state index contributed by atoms with van der Waals surface area (Å²) in [5.74, 6) is 0.760. The van der Waals surface area contributed by atoms with E-state index >= 15 is 0 Å². The Morgan fingerprint density at radius 2 is 0.787 bits per heavy atom. The fourth-order valence-corrected chi connectivity index (χ4v) is 9.67. The smallest absolute Gasteiger partial charge is 0.753 e. The topological polar surface area (TPSA) is 207 Å². The van der Waals surface area contributed by atoms with Gasteiger partial charge in [-0.3, -0.25) is 34.7 Å². The number of aromatic nitrogens is 4. The maximum atomic E-state index is 13.4. The van der Waals surface area contributed by atoms with Gasteiger partial charge in [-0.1, -0.05) is 144 Å². The van der Waals surface area contributed by atoms with Crippen LogP contribution in [0.15, 0.2) is 188 Å². The number of benzene rings is 5. The molecule has 0 amide bonds. The second-order valence-corrected chi connectivity index (χ2v) is 25.7. The minimum atomic E-state index is -4.88. The van der Waals surface area contributed by atoms with Gasteiger partial charge in [0.25, 0.3) is 19.4 Å². The van der Waals surface area contributed by atoms with Crippen LogP contribution in [0.5, 0.6) is 17.2 Å². The van der Waals surface area contributed by atoms with Crippen LogP contribution < -0.4 is 24.0 Å². The molecule has 484 valence electrons. The molecule has 0 spiro atoms. The number of nitrogens with one attached hydrogen (secondary N) is 2. The van der Waals surface area contributed by atoms with Crippen LogP contribution in [-0.4, -0.2) is 56.4 Å². The number of anilines is 6. The van der Waals surface area contributed by atoms with Crippen LogP contribution in [0.2, 0.25) is 0 Å². The first-order valence-electron chi connectivity index (χ1n) is 29.4. The fourth-order valence-electron chi connectivity index (χ4n) is 9.67. The van der Waals surface area contributed by atoms with Crippen molar-refractivity contribution in [1.29, 1.82) is 5.41 Å². The van der Waals surface area contributed by atoms with E-state index in [0.29, 0.717) is 47.4 Å². The summed E-state index contributed by atoms with van der Waals surface area (Å²) in [6.07, 6.45) is 0.00694. The number of ether oxygens (including phenoxy) is 3. The Morgan fingerprint density at radius 1 is 0.468 bits per heavy atom. The number of pyridine rings is 4. The summed E-state index contributed by atoms with van der Waals surface area (Å²) in [6, 6.07) is 53.3. The van der Waals surface area contributed by atoms with E-state index in [2.05, 4.69) is 240 Å². The number of hydrogen-bond donors (Lipinski definition) is 1. The van der Waals surface area contributed by atoms with Crippen LogP contribution in [-0.2, 0) is 55.5 Å². The van der Waals surface area contributed by atoms with Crippen molar-refractivity contribution >= 4 is 82.3 Å². The summed E-state index contributed by atoms with van der Waals surface area (Å²) in [5, 5.41) is 16.0. The van der Waals surface area contributed by atoms with Crippen LogP contribution in [0.1, 0.15) is 111 Å². The average Bonchev–Trinajstić information content (AvgIpc) is 0.772. The van der Waals surface area contributed by atoms with Crippen molar-refractivity contribution < 1.29 is 61.2 Å². The third-order valence-corrected chi connectivity index (χ3v) is 14.7. The molecular weight excluding hydrogens is 1300 g/mol. The minimum Gasteiger partial charge on any atom is -0.753 e. The summed E-state index contributed by atoms with van der Waals surface area (Å²) in [6.45, 7) is 27.3. The van der Waals surface area contributed by atoms with Gasteiger partial charge in [0, 0.05) is 82.7 Å². The van der Waals surface area contributed by atoms with Crippen molar-refractivity contribution in [1.82, 2.24) is 19.9 Å². The number of halogens is 3. The van der Waals surface area contributed by atoms with Gasteiger partial charge in [0.15, 0.2) is 0 Å². The van der Waals surface area contributed by atoms with Crippen LogP contribution >= 0.6 is 12.2 Å². The van der Waals surface area contributed by atoms with Crippen molar-refractivity contribution in [2.24, 2.45) is 0 Å².